The molecule has 2 aliphatic heterocycles. The van der Waals surface area contributed by atoms with Crippen molar-refractivity contribution in [2.24, 2.45) is 5.92 Å². The molecule has 2 atom stereocenters. The van der Waals surface area contributed by atoms with Crippen LogP contribution in [0.1, 0.15) is 36.0 Å². The minimum atomic E-state index is 0.767. The standard InChI is InChI=1S/C22H27N/c1-2-7-18(8-3-1)9-6-14-23-17-19-12-13-22(23)16-21-11-5-4-10-20(21)15-19/h1-5,7-8,10-11,19,22H,6,9,12-17H2/t19-,22-/m1/s1. The molecule has 3 aliphatic rings. The van der Waals surface area contributed by atoms with Crippen LogP contribution >= 0.6 is 0 Å². The van der Waals surface area contributed by atoms with Gasteiger partial charge in [-0.1, -0.05) is 54.6 Å². The first kappa shape index (κ1) is 15.0. The van der Waals surface area contributed by atoms with E-state index in [1.54, 1.807) is 11.1 Å². The summed E-state index contributed by atoms with van der Waals surface area (Å²) in [5, 5.41) is 0. The van der Waals surface area contributed by atoms with Crippen LogP contribution in [0.3, 0.4) is 0 Å². The Morgan fingerprint density at radius 1 is 0.826 bits per heavy atom. The lowest BCUT2D eigenvalue weighted by molar-refractivity contribution is 0.0999. The van der Waals surface area contributed by atoms with Gasteiger partial charge < -0.3 is 0 Å². The monoisotopic (exact) mass is 305 g/mol. The van der Waals surface area contributed by atoms with E-state index < -0.39 is 0 Å². The molecule has 0 aromatic heterocycles. The van der Waals surface area contributed by atoms with Crippen LogP contribution in [0.25, 0.3) is 0 Å². The molecule has 23 heavy (non-hydrogen) atoms. The Kier molecular flexibility index (Phi) is 4.48. The van der Waals surface area contributed by atoms with Crippen molar-refractivity contribution in [1.29, 1.82) is 0 Å². The molecule has 1 heteroatoms. The van der Waals surface area contributed by atoms with Gasteiger partial charge in [-0.15, -0.1) is 0 Å². The molecule has 2 bridgehead atoms. The summed E-state index contributed by atoms with van der Waals surface area (Å²) in [4.78, 5) is 2.80. The van der Waals surface area contributed by atoms with Gasteiger partial charge in [-0.3, -0.25) is 4.90 Å². The van der Waals surface area contributed by atoms with Crippen LogP contribution in [0.15, 0.2) is 54.6 Å². The zero-order valence-electron chi connectivity index (χ0n) is 14.0. The maximum absolute atomic E-state index is 2.80. The van der Waals surface area contributed by atoms with Crippen LogP contribution < -0.4 is 0 Å². The number of piperidine rings is 1. The highest BCUT2D eigenvalue weighted by Crippen LogP contribution is 2.32. The van der Waals surface area contributed by atoms with Crippen LogP contribution in [0, 0.1) is 5.92 Å². The van der Waals surface area contributed by atoms with Gasteiger partial charge in [0.15, 0.2) is 0 Å². The van der Waals surface area contributed by atoms with Crippen molar-refractivity contribution in [3.8, 4) is 0 Å². The minimum absolute atomic E-state index is 0.767. The predicted octanol–water partition coefficient (Wildman–Crippen LogP) is 4.50. The van der Waals surface area contributed by atoms with Gasteiger partial charge in [0.2, 0.25) is 0 Å². The van der Waals surface area contributed by atoms with Crippen molar-refractivity contribution < 1.29 is 0 Å². The minimum Gasteiger partial charge on any atom is -0.300 e. The number of hydrogen-bond acceptors (Lipinski definition) is 1. The fraction of sp³-hybridized carbons (Fsp3) is 0.455. The summed E-state index contributed by atoms with van der Waals surface area (Å²) in [6.45, 7) is 2.58. The summed E-state index contributed by atoms with van der Waals surface area (Å²) in [5.41, 5.74) is 4.70. The van der Waals surface area contributed by atoms with Crippen LogP contribution in [-0.4, -0.2) is 24.0 Å². The van der Waals surface area contributed by atoms with Crippen molar-refractivity contribution in [1.82, 2.24) is 4.90 Å². The Morgan fingerprint density at radius 2 is 1.57 bits per heavy atom. The molecule has 0 amide bonds. The number of fused-ring (bicyclic) bond motifs is 2. The average molecular weight is 305 g/mol. The van der Waals surface area contributed by atoms with Crippen molar-refractivity contribution >= 4 is 0 Å². The molecule has 0 radical (unpaired) electrons. The molecule has 5 rings (SSSR count). The number of rotatable bonds is 4. The Morgan fingerprint density at radius 3 is 2.39 bits per heavy atom. The molecule has 2 heterocycles. The van der Waals surface area contributed by atoms with E-state index in [1.807, 2.05) is 0 Å². The predicted molar refractivity (Wildman–Crippen MR) is 96.7 cm³/mol. The fourth-order valence-electron chi connectivity index (χ4n) is 4.51. The summed E-state index contributed by atoms with van der Waals surface area (Å²) in [6, 6.07) is 20.9. The van der Waals surface area contributed by atoms with E-state index in [0.717, 1.165) is 12.0 Å². The average Bonchev–Trinajstić information content (AvgIpc) is 2.56. The second-order valence-corrected chi connectivity index (χ2v) is 7.36. The highest BCUT2D eigenvalue weighted by Gasteiger charge is 2.31. The smallest absolute Gasteiger partial charge is 0.0136 e. The van der Waals surface area contributed by atoms with Crippen LogP contribution in [0.5, 0.6) is 0 Å². The van der Waals surface area contributed by atoms with E-state index in [4.69, 9.17) is 0 Å². The van der Waals surface area contributed by atoms with E-state index >= 15 is 0 Å². The van der Waals surface area contributed by atoms with Crippen LogP contribution in [0.2, 0.25) is 0 Å². The second kappa shape index (κ2) is 6.88. The molecule has 0 saturated carbocycles. The largest absolute Gasteiger partial charge is 0.300 e. The molecular weight excluding hydrogens is 278 g/mol. The van der Waals surface area contributed by atoms with E-state index in [2.05, 4.69) is 59.5 Å². The highest BCUT2D eigenvalue weighted by molar-refractivity contribution is 5.29. The molecule has 1 nitrogen and oxygen atoms in total. The number of hydrogen-bond donors (Lipinski definition) is 0. The summed E-state index contributed by atoms with van der Waals surface area (Å²) >= 11 is 0. The second-order valence-electron chi connectivity index (χ2n) is 7.36. The lowest BCUT2D eigenvalue weighted by Gasteiger charge is -2.42. The first-order chi connectivity index (χ1) is 11.4. The SMILES string of the molecule is c1ccc(CCCN2C[C@@H]3CC[C@@H]2Cc2ccccc2C3)cc1. The van der Waals surface area contributed by atoms with Gasteiger partial charge in [-0.05, 0) is 67.7 Å². The van der Waals surface area contributed by atoms with Gasteiger partial charge in [0, 0.05) is 12.6 Å². The normalized spacial score (nSPS) is 24.0. The van der Waals surface area contributed by atoms with Gasteiger partial charge in [-0.25, -0.2) is 0 Å². The molecule has 0 spiro atoms. The van der Waals surface area contributed by atoms with Gasteiger partial charge >= 0.3 is 0 Å². The first-order valence-corrected chi connectivity index (χ1v) is 9.23. The van der Waals surface area contributed by atoms with Crippen LogP contribution in [-0.2, 0) is 19.3 Å². The quantitative estimate of drug-likeness (QED) is 0.804. The zero-order valence-corrected chi connectivity index (χ0v) is 14.0. The molecule has 0 N–H and O–H groups in total. The Hall–Kier alpha value is -1.60. The number of benzene rings is 2. The third-order valence-corrected chi connectivity index (χ3v) is 5.75. The van der Waals surface area contributed by atoms with E-state index in [-0.39, 0.29) is 0 Å². The molecule has 120 valence electrons. The maximum atomic E-state index is 2.80. The Labute approximate surface area is 140 Å². The molecular formula is C22H27N. The lowest BCUT2D eigenvalue weighted by atomic mass is 9.80. The number of nitrogens with zero attached hydrogens (tertiary/aromatic N) is 1. The third kappa shape index (κ3) is 3.50. The molecule has 1 saturated heterocycles. The van der Waals surface area contributed by atoms with Gasteiger partial charge in [0.1, 0.15) is 0 Å². The molecule has 2 aromatic carbocycles. The van der Waals surface area contributed by atoms with Crippen molar-refractivity contribution in [3.05, 3.63) is 71.3 Å². The van der Waals surface area contributed by atoms with Crippen LogP contribution in [0.4, 0.5) is 0 Å². The third-order valence-electron chi connectivity index (χ3n) is 5.75. The van der Waals surface area contributed by atoms with E-state index in [9.17, 15) is 0 Å². The van der Waals surface area contributed by atoms with E-state index in [1.165, 1.54) is 57.2 Å². The molecule has 0 unspecified atom stereocenters. The van der Waals surface area contributed by atoms with Crippen molar-refractivity contribution in [3.63, 3.8) is 0 Å². The number of aryl methyl sites for hydroxylation is 1. The summed E-state index contributed by atoms with van der Waals surface area (Å²) in [7, 11) is 0. The van der Waals surface area contributed by atoms with Gasteiger partial charge in [0.05, 0.1) is 0 Å². The fourth-order valence-corrected chi connectivity index (χ4v) is 4.51. The molecule has 2 aromatic rings. The Bertz CT molecular complexity index is 633. The van der Waals surface area contributed by atoms with E-state index in [0.29, 0.717) is 0 Å². The van der Waals surface area contributed by atoms with Crippen molar-refractivity contribution in [2.45, 2.75) is 44.6 Å². The van der Waals surface area contributed by atoms with Gasteiger partial charge in [0.25, 0.3) is 0 Å². The molecule has 1 fully saturated rings. The zero-order chi connectivity index (χ0) is 15.5. The molecule has 1 aliphatic carbocycles. The summed E-state index contributed by atoms with van der Waals surface area (Å²) in [5.74, 6) is 0.865. The lowest BCUT2D eigenvalue weighted by Crippen LogP contribution is -2.47. The maximum Gasteiger partial charge on any atom is 0.0136 e. The summed E-state index contributed by atoms with van der Waals surface area (Å²) in [6.07, 6.45) is 7.87. The van der Waals surface area contributed by atoms with Gasteiger partial charge in [-0.2, -0.15) is 0 Å². The summed E-state index contributed by atoms with van der Waals surface area (Å²) < 4.78 is 0. The Balaban J connectivity index is 1.41. The highest BCUT2D eigenvalue weighted by atomic mass is 15.2. The van der Waals surface area contributed by atoms with Crippen molar-refractivity contribution in [2.75, 3.05) is 13.1 Å². The topological polar surface area (TPSA) is 3.24 Å². The first-order valence-electron chi connectivity index (χ1n) is 9.23.